The lowest BCUT2D eigenvalue weighted by Crippen LogP contribution is -2.36. The van der Waals surface area contributed by atoms with Crippen molar-refractivity contribution in [2.75, 3.05) is 31.2 Å². The summed E-state index contributed by atoms with van der Waals surface area (Å²) in [6, 6.07) is 26.4. The molecule has 40 heavy (non-hydrogen) atoms. The Labute approximate surface area is 243 Å². The molecule has 1 atom stereocenters. The number of ether oxygens (including phenoxy) is 3. The number of benzene rings is 4. The molecule has 1 heterocycles. The van der Waals surface area contributed by atoms with Gasteiger partial charge in [-0.3, -0.25) is 4.90 Å². The highest BCUT2D eigenvalue weighted by atomic mass is 35.5. The number of esters is 1. The average molecular weight is 576 g/mol. The van der Waals surface area contributed by atoms with E-state index in [2.05, 4.69) is 4.90 Å². The highest BCUT2D eigenvalue weighted by Gasteiger charge is 2.39. The Kier molecular flexibility index (Phi) is 7.87. The number of carbonyl (C=O) groups excluding carboxylic acids is 1. The minimum absolute atomic E-state index is 0.414. The van der Waals surface area contributed by atoms with Crippen molar-refractivity contribution in [1.82, 2.24) is 0 Å². The van der Waals surface area contributed by atoms with Gasteiger partial charge in [0, 0.05) is 11.3 Å². The summed E-state index contributed by atoms with van der Waals surface area (Å²) in [6.07, 6.45) is -0.465. The van der Waals surface area contributed by atoms with Gasteiger partial charge in [-0.25, -0.2) is 9.80 Å². The number of rotatable bonds is 7. The van der Waals surface area contributed by atoms with Crippen LogP contribution >= 0.6 is 23.2 Å². The summed E-state index contributed by atoms with van der Waals surface area (Å²) < 4.78 is 15.7. The molecule has 0 aliphatic carbocycles. The fraction of sp³-hybridized carbons (Fsp3) is 0.161. The van der Waals surface area contributed by atoms with Crippen molar-refractivity contribution in [3.63, 3.8) is 0 Å². The number of halogens is 2. The smallest absolute Gasteiger partial charge is 0.337 e. The molecule has 1 aliphatic heterocycles. The number of carbonyl (C=O) groups is 1. The van der Waals surface area contributed by atoms with Crippen LogP contribution in [0.3, 0.4) is 0 Å². The van der Waals surface area contributed by atoms with E-state index < -0.39 is 12.1 Å². The van der Waals surface area contributed by atoms with Gasteiger partial charge >= 0.3 is 5.97 Å². The standard InChI is InChI=1S/C31H27Cl2N3O4/c1-19-17-26(32)28(27(33)18-19)36-30(21-9-13-24(38-2)14-10-21)35(23-11-15-25(39-3)16-12-23)29(34-36)20-5-7-22(8-6-20)31(37)40-4/h5-18,30H,1-4H3. The second-order valence-corrected chi connectivity index (χ2v) is 9.94. The number of aryl methyl sites for hydroxylation is 1. The summed E-state index contributed by atoms with van der Waals surface area (Å²) in [5, 5.41) is 7.89. The quantitative estimate of drug-likeness (QED) is 0.213. The first kappa shape index (κ1) is 27.4. The topological polar surface area (TPSA) is 63.6 Å². The maximum atomic E-state index is 12.1. The van der Waals surface area contributed by atoms with Crippen LogP contribution in [0.15, 0.2) is 90.0 Å². The summed E-state index contributed by atoms with van der Waals surface area (Å²) >= 11 is 13.6. The van der Waals surface area contributed by atoms with E-state index in [9.17, 15) is 4.79 Å². The van der Waals surface area contributed by atoms with Crippen molar-refractivity contribution in [3.8, 4) is 11.5 Å². The lowest BCUT2D eigenvalue weighted by molar-refractivity contribution is 0.0600. The summed E-state index contributed by atoms with van der Waals surface area (Å²) in [6.45, 7) is 1.94. The lowest BCUT2D eigenvalue weighted by atomic mass is 10.1. The molecule has 5 rings (SSSR count). The van der Waals surface area contributed by atoms with Crippen LogP contribution in [0.2, 0.25) is 10.0 Å². The highest BCUT2D eigenvalue weighted by molar-refractivity contribution is 6.39. The summed E-state index contributed by atoms with van der Waals surface area (Å²) in [5.74, 6) is 1.68. The van der Waals surface area contributed by atoms with Gasteiger partial charge in [0.25, 0.3) is 0 Å². The number of amidine groups is 1. The molecule has 1 unspecified atom stereocenters. The fourth-order valence-corrected chi connectivity index (χ4v) is 5.43. The Morgan fingerprint density at radius 1 is 0.800 bits per heavy atom. The van der Waals surface area contributed by atoms with Crippen LogP contribution in [0.4, 0.5) is 11.4 Å². The molecular weight excluding hydrogens is 549 g/mol. The molecule has 9 heteroatoms. The summed E-state index contributed by atoms with van der Waals surface area (Å²) in [5.41, 5.74) is 4.52. The van der Waals surface area contributed by atoms with Crippen LogP contribution in [0.5, 0.6) is 11.5 Å². The molecule has 0 fully saturated rings. The predicted octanol–water partition coefficient (Wildman–Crippen LogP) is 7.49. The molecule has 7 nitrogen and oxygen atoms in total. The molecular formula is C31H27Cl2N3O4. The van der Waals surface area contributed by atoms with E-state index in [1.807, 2.05) is 84.7 Å². The zero-order chi connectivity index (χ0) is 28.4. The zero-order valence-corrected chi connectivity index (χ0v) is 23.9. The third-order valence-electron chi connectivity index (χ3n) is 6.63. The van der Waals surface area contributed by atoms with E-state index in [1.54, 1.807) is 26.4 Å². The SMILES string of the molecule is COC(=O)c1ccc(C2=NN(c3c(Cl)cc(C)cc3Cl)C(c3ccc(OC)cc3)N2c2ccc(OC)cc2)cc1. The Bertz CT molecular complexity index is 1530. The molecule has 0 spiro atoms. The number of hydrogen-bond donors (Lipinski definition) is 0. The van der Waals surface area contributed by atoms with Gasteiger partial charge in [0.2, 0.25) is 0 Å². The van der Waals surface area contributed by atoms with E-state index in [0.717, 1.165) is 33.9 Å². The Balaban J connectivity index is 1.73. The van der Waals surface area contributed by atoms with E-state index in [0.29, 0.717) is 27.1 Å². The molecule has 0 radical (unpaired) electrons. The monoisotopic (exact) mass is 575 g/mol. The van der Waals surface area contributed by atoms with Crippen molar-refractivity contribution in [3.05, 3.63) is 117 Å². The van der Waals surface area contributed by atoms with E-state index in [1.165, 1.54) is 7.11 Å². The van der Waals surface area contributed by atoms with Gasteiger partial charge in [-0.2, -0.15) is 5.10 Å². The molecule has 0 bridgehead atoms. The zero-order valence-electron chi connectivity index (χ0n) is 22.4. The molecule has 4 aromatic rings. The molecule has 0 N–H and O–H groups in total. The molecule has 0 amide bonds. The third kappa shape index (κ3) is 5.18. The first-order valence-corrected chi connectivity index (χ1v) is 13.2. The van der Waals surface area contributed by atoms with Gasteiger partial charge in [-0.1, -0.05) is 47.5 Å². The fourth-order valence-electron chi connectivity index (χ4n) is 4.66. The van der Waals surface area contributed by atoms with Crippen LogP contribution in [0.25, 0.3) is 0 Å². The molecule has 1 aliphatic rings. The molecule has 204 valence electrons. The number of hydrogen-bond acceptors (Lipinski definition) is 7. The van der Waals surface area contributed by atoms with Crippen molar-refractivity contribution in [1.29, 1.82) is 0 Å². The average Bonchev–Trinajstić information content (AvgIpc) is 3.36. The van der Waals surface area contributed by atoms with Gasteiger partial charge < -0.3 is 14.2 Å². The Morgan fingerprint density at radius 2 is 1.35 bits per heavy atom. The van der Waals surface area contributed by atoms with E-state index in [-0.39, 0.29) is 0 Å². The van der Waals surface area contributed by atoms with Crippen LogP contribution in [-0.2, 0) is 4.74 Å². The molecule has 0 saturated heterocycles. The molecule has 0 saturated carbocycles. The maximum Gasteiger partial charge on any atom is 0.337 e. The molecule has 4 aromatic carbocycles. The van der Waals surface area contributed by atoms with Crippen molar-refractivity contribution in [2.45, 2.75) is 13.1 Å². The van der Waals surface area contributed by atoms with Crippen LogP contribution in [0.1, 0.15) is 33.2 Å². The normalized spacial score (nSPS) is 14.7. The minimum atomic E-state index is -0.465. The number of methoxy groups -OCH3 is 3. The molecule has 0 aromatic heterocycles. The first-order valence-electron chi connectivity index (χ1n) is 12.4. The van der Waals surface area contributed by atoms with E-state index in [4.69, 9.17) is 42.5 Å². The highest BCUT2D eigenvalue weighted by Crippen LogP contribution is 2.46. The third-order valence-corrected chi connectivity index (χ3v) is 7.20. The van der Waals surface area contributed by atoms with Gasteiger partial charge in [-0.15, -0.1) is 0 Å². The minimum Gasteiger partial charge on any atom is -0.497 e. The van der Waals surface area contributed by atoms with Crippen molar-refractivity contribution < 1.29 is 19.0 Å². The van der Waals surface area contributed by atoms with Gasteiger partial charge in [-0.05, 0) is 78.7 Å². The van der Waals surface area contributed by atoms with Crippen LogP contribution in [0, 0.1) is 6.92 Å². The van der Waals surface area contributed by atoms with Crippen LogP contribution < -0.4 is 19.4 Å². The maximum absolute atomic E-state index is 12.1. The largest absolute Gasteiger partial charge is 0.497 e. The Morgan fingerprint density at radius 3 is 1.88 bits per heavy atom. The van der Waals surface area contributed by atoms with E-state index >= 15 is 0 Å². The second-order valence-electron chi connectivity index (χ2n) is 9.13. The Hall–Kier alpha value is -4.20. The van der Waals surface area contributed by atoms with Crippen LogP contribution in [-0.4, -0.2) is 33.1 Å². The number of anilines is 2. The lowest BCUT2D eigenvalue weighted by Gasteiger charge is -2.33. The second kappa shape index (κ2) is 11.5. The number of hydrazone groups is 1. The first-order chi connectivity index (χ1) is 19.3. The summed E-state index contributed by atoms with van der Waals surface area (Å²) in [4.78, 5) is 14.2. The van der Waals surface area contributed by atoms with Gasteiger partial charge in [0.05, 0.1) is 42.6 Å². The number of nitrogens with zero attached hydrogens (tertiary/aromatic N) is 3. The van der Waals surface area contributed by atoms with Gasteiger partial charge in [0.1, 0.15) is 11.5 Å². The summed E-state index contributed by atoms with van der Waals surface area (Å²) in [7, 11) is 4.62. The van der Waals surface area contributed by atoms with Gasteiger partial charge in [0.15, 0.2) is 12.0 Å². The van der Waals surface area contributed by atoms with Crippen molar-refractivity contribution >= 4 is 46.4 Å². The van der Waals surface area contributed by atoms with Crippen molar-refractivity contribution in [2.24, 2.45) is 5.10 Å². The predicted molar refractivity (Wildman–Crippen MR) is 159 cm³/mol.